The second-order valence-electron chi connectivity index (χ2n) is 5.60. The molecule has 1 aromatic heterocycles. The number of nitrogens with zero attached hydrogens (tertiary/aromatic N) is 4. The molecule has 1 aliphatic heterocycles. The normalized spacial score (nSPS) is 22.5. The Bertz CT molecular complexity index is 459. The lowest BCUT2D eigenvalue weighted by molar-refractivity contribution is -0.00578. The van der Waals surface area contributed by atoms with E-state index in [1.807, 2.05) is 20.8 Å². The van der Waals surface area contributed by atoms with E-state index in [1.54, 1.807) is 0 Å². The average molecular weight is 295 g/mol. The van der Waals surface area contributed by atoms with Crippen LogP contribution in [0.25, 0.3) is 0 Å². The van der Waals surface area contributed by atoms with Crippen LogP contribution in [0.15, 0.2) is 0 Å². The van der Waals surface area contributed by atoms with E-state index in [1.165, 1.54) is 0 Å². The lowest BCUT2D eigenvalue weighted by Crippen LogP contribution is -2.46. The van der Waals surface area contributed by atoms with Gasteiger partial charge in [-0.05, 0) is 34.6 Å². The molecule has 0 spiro atoms. The van der Waals surface area contributed by atoms with Crippen molar-refractivity contribution in [2.45, 2.75) is 52.9 Å². The molecule has 0 radical (unpaired) electrons. The van der Waals surface area contributed by atoms with Crippen LogP contribution in [0, 0.1) is 0 Å². The molecule has 2 atom stereocenters. The van der Waals surface area contributed by atoms with Crippen molar-refractivity contribution in [1.82, 2.24) is 15.0 Å². The summed E-state index contributed by atoms with van der Waals surface area (Å²) in [6, 6.07) is 0.359. The zero-order chi connectivity index (χ0) is 15.4. The maximum atomic E-state index is 5.75. The topological polar surface area (TPSA) is 72.4 Å². The summed E-state index contributed by atoms with van der Waals surface area (Å²) >= 11 is 0. The van der Waals surface area contributed by atoms with E-state index in [9.17, 15) is 0 Å². The third-order valence-corrected chi connectivity index (χ3v) is 2.98. The molecule has 1 aliphatic rings. The zero-order valence-electron chi connectivity index (χ0n) is 13.5. The van der Waals surface area contributed by atoms with Crippen molar-refractivity contribution >= 4 is 11.9 Å². The third-order valence-electron chi connectivity index (χ3n) is 2.98. The molecule has 0 bridgehead atoms. The summed E-state index contributed by atoms with van der Waals surface area (Å²) in [6.45, 7) is 12.3. The van der Waals surface area contributed by atoms with Gasteiger partial charge in [-0.25, -0.2) is 0 Å². The van der Waals surface area contributed by atoms with Gasteiger partial charge in [-0.2, -0.15) is 15.0 Å². The number of hydrogen-bond acceptors (Lipinski definition) is 7. The Kier molecular flexibility index (Phi) is 5.17. The van der Waals surface area contributed by atoms with Crippen LogP contribution in [0.1, 0.15) is 34.6 Å². The van der Waals surface area contributed by atoms with Gasteiger partial charge in [0.25, 0.3) is 0 Å². The molecule has 7 nitrogen and oxygen atoms in total. The standard InChI is InChI=1S/C14H25N5O2/c1-6-15-12-16-13(18-14(17-12)20-9(2)3)19-7-10(4)21-11(5)8-19/h9-11H,6-8H2,1-5H3,(H,15,16,17,18)/t10-,11+. The maximum absolute atomic E-state index is 5.75. The lowest BCUT2D eigenvalue weighted by atomic mass is 10.2. The SMILES string of the molecule is CCNc1nc(OC(C)C)nc(N2C[C@@H](C)O[C@@H](C)C2)n1. The molecule has 0 unspecified atom stereocenters. The fraction of sp³-hybridized carbons (Fsp3) is 0.786. The number of ether oxygens (including phenoxy) is 2. The molecule has 21 heavy (non-hydrogen) atoms. The first-order valence-electron chi connectivity index (χ1n) is 7.55. The van der Waals surface area contributed by atoms with Crippen LogP contribution >= 0.6 is 0 Å². The van der Waals surface area contributed by atoms with Crippen LogP contribution in [-0.2, 0) is 4.74 Å². The Hall–Kier alpha value is -1.63. The quantitative estimate of drug-likeness (QED) is 0.886. The minimum atomic E-state index is 0.0252. The van der Waals surface area contributed by atoms with E-state index >= 15 is 0 Å². The first-order valence-corrected chi connectivity index (χ1v) is 7.55. The van der Waals surface area contributed by atoms with E-state index < -0.39 is 0 Å². The van der Waals surface area contributed by atoms with Gasteiger partial charge in [-0.15, -0.1) is 0 Å². The minimum absolute atomic E-state index is 0.0252. The summed E-state index contributed by atoms with van der Waals surface area (Å²) in [5.74, 6) is 1.18. The molecular formula is C14H25N5O2. The monoisotopic (exact) mass is 295 g/mol. The van der Waals surface area contributed by atoms with Gasteiger partial charge in [0.1, 0.15) is 0 Å². The highest BCUT2D eigenvalue weighted by molar-refractivity contribution is 5.39. The van der Waals surface area contributed by atoms with Crippen LogP contribution in [0.2, 0.25) is 0 Å². The van der Waals surface area contributed by atoms with Crippen molar-refractivity contribution in [1.29, 1.82) is 0 Å². The second kappa shape index (κ2) is 6.89. The Balaban J connectivity index is 2.25. The van der Waals surface area contributed by atoms with Crippen molar-refractivity contribution < 1.29 is 9.47 Å². The van der Waals surface area contributed by atoms with Gasteiger partial charge in [0.05, 0.1) is 18.3 Å². The molecule has 0 aromatic carbocycles. The number of anilines is 2. The van der Waals surface area contributed by atoms with Gasteiger partial charge in [0, 0.05) is 19.6 Å². The van der Waals surface area contributed by atoms with Crippen LogP contribution < -0.4 is 15.0 Å². The molecule has 0 amide bonds. The Morgan fingerprint density at radius 3 is 2.48 bits per heavy atom. The van der Waals surface area contributed by atoms with Gasteiger partial charge in [-0.3, -0.25) is 0 Å². The first kappa shape index (κ1) is 15.8. The van der Waals surface area contributed by atoms with Gasteiger partial charge < -0.3 is 19.7 Å². The summed E-state index contributed by atoms with van der Waals surface area (Å²) in [5.41, 5.74) is 0. The van der Waals surface area contributed by atoms with Crippen molar-refractivity contribution in [3.63, 3.8) is 0 Å². The molecular weight excluding hydrogens is 270 g/mol. The third kappa shape index (κ3) is 4.42. The molecule has 2 heterocycles. The van der Waals surface area contributed by atoms with Crippen molar-refractivity contribution in [3.05, 3.63) is 0 Å². The fourth-order valence-electron chi connectivity index (χ4n) is 2.33. The predicted octanol–water partition coefficient (Wildman–Crippen LogP) is 1.70. The predicted molar refractivity (Wildman–Crippen MR) is 82.0 cm³/mol. The van der Waals surface area contributed by atoms with E-state index in [2.05, 4.69) is 39.0 Å². The molecule has 2 rings (SSSR count). The molecule has 1 saturated heterocycles. The molecule has 0 saturated carbocycles. The summed E-state index contributed by atoms with van der Waals surface area (Å²) in [5, 5.41) is 3.12. The van der Waals surface area contributed by atoms with Crippen LogP contribution in [0.4, 0.5) is 11.9 Å². The van der Waals surface area contributed by atoms with Crippen LogP contribution in [-0.4, -0.2) is 52.9 Å². The number of rotatable bonds is 5. The average Bonchev–Trinajstić information content (AvgIpc) is 2.36. The highest BCUT2D eigenvalue weighted by Gasteiger charge is 2.25. The highest BCUT2D eigenvalue weighted by atomic mass is 16.5. The van der Waals surface area contributed by atoms with Gasteiger partial charge in [0.15, 0.2) is 0 Å². The van der Waals surface area contributed by atoms with E-state index in [0.29, 0.717) is 17.9 Å². The van der Waals surface area contributed by atoms with Crippen molar-refractivity contribution in [2.24, 2.45) is 0 Å². The Labute approximate surface area is 126 Å². The summed E-state index contributed by atoms with van der Waals surface area (Å²) in [4.78, 5) is 15.3. The Morgan fingerprint density at radius 2 is 1.90 bits per heavy atom. The van der Waals surface area contributed by atoms with E-state index in [-0.39, 0.29) is 18.3 Å². The minimum Gasteiger partial charge on any atom is -0.461 e. The molecule has 1 N–H and O–H groups in total. The van der Waals surface area contributed by atoms with Crippen molar-refractivity contribution in [2.75, 3.05) is 29.9 Å². The first-order chi connectivity index (χ1) is 9.97. The molecule has 118 valence electrons. The highest BCUT2D eigenvalue weighted by Crippen LogP contribution is 2.20. The fourth-order valence-corrected chi connectivity index (χ4v) is 2.33. The largest absolute Gasteiger partial charge is 0.461 e. The number of aromatic nitrogens is 3. The van der Waals surface area contributed by atoms with Crippen LogP contribution in [0.3, 0.4) is 0 Å². The molecule has 1 fully saturated rings. The van der Waals surface area contributed by atoms with E-state index in [0.717, 1.165) is 19.6 Å². The van der Waals surface area contributed by atoms with E-state index in [4.69, 9.17) is 9.47 Å². The lowest BCUT2D eigenvalue weighted by Gasteiger charge is -2.35. The maximum Gasteiger partial charge on any atom is 0.323 e. The van der Waals surface area contributed by atoms with Gasteiger partial charge in [0.2, 0.25) is 11.9 Å². The van der Waals surface area contributed by atoms with Gasteiger partial charge >= 0.3 is 6.01 Å². The zero-order valence-corrected chi connectivity index (χ0v) is 13.5. The smallest absolute Gasteiger partial charge is 0.323 e. The van der Waals surface area contributed by atoms with Gasteiger partial charge in [-0.1, -0.05) is 0 Å². The number of hydrogen-bond donors (Lipinski definition) is 1. The second-order valence-corrected chi connectivity index (χ2v) is 5.60. The van der Waals surface area contributed by atoms with Crippen LogP contribution in [0.5, 0.6) is 6.01 Å². The number of nitrogens with one attached hydrogen (secondary N) is 1. The molecule has 0 aliphatic carbocycles. The summed E-state index contributed by atoms with van der Waals surface area (Å²) in [7, 11) is 0. The summed E-state index contributed by atoms with van der Waals surface area (Å²) < 4.78 is 11.4. The summed E-state index contributed by atoms with van der Waals surface area (Å²) in [6.07, 6.45) is 0.336. The molecule has 1 aromatic rings. The number of morpholine rings is 1. The molecule has 7 heteroatoms. The van der Waals surface area contributed by atoms with Crippen molar-refractivity contribution in [3.8, 4) is 6.01 Å². The Morgan fingerprint density at radius 1 is 1.24 bits per heavy atom.